The molecule has 7 nitrogen and oxygen atoms in total. The summed E-state index contributed by atoms with van der Waals surface area (Å²) in [6.07, 6.45) is 0.719. The van der Waals surface area contributed by atoms with E-state index in [0.717, 1.165) is 12.5 Å². The maximum absolute atomic E-state index is 12.6. The molecule has 0 bridgehead atoms. The van der Waals surface area contributed by atoms with Crippen molar-refractivity contribution in [2.75, 3.05) is 11.9 Å². The van der Waals surface area contributed by atoms with Gasteiger partial charge in [0, 0.05) is 23.6 Å². The van der Waals surface area contributed by atoms with Crippen molar-refractivity contribution in [2.45, 2.75) is 6.42 Å². The van der Waals surface area contributed by atoms with Gasteiger partial charge in [-0.15, -0.1) is 11.3 Å². The summed E-state index contributed by atoms with van der Waals surface area (Å²) in [6.45, 7) is 0.468. The molecule has 3 aromatic rings. The molecule has 0 saturated heterocycles. The van der Waals surface area contributed by atoms with Gasteiger partial charge in [-0.2, -0.15) is 0 Å². The van der Waals surface area contributed by atoms with Gasteiger partial charge in [-0.1, -0.05) is 29.8 Å². The van der Waals surface area contributed by atoms with Crippen molar-refractivity contribution >= 4 is 46.1 Å². The topological polar surface area (TPSA) is 101 Å². The minimum absolute atomic E-state index is 0.0467. The van der Waals surface area contributed by atoms with Gasteiger partial charge in [0.2, 0.25) is 0 Å². The maximum atomic E-state index is 12.6. The summed E-state index contributed by atoms with van der Waals surface area (Å²) in [4.78, 5) is 36.5. The number of para-hydroxylation sites is 1. The number of amides is 2. The molecule has 0 saturated carbocycles. The molecule has 1 aromatic heterocycles. The Hall–Kier alpha value is -3.23. The summed E-state index contributed by atoms with van der Waals surface area (Å²) in [7, 11) is 0. The third kappa shape index (κ3) is 5.18. The van der Waals surface area contributed by atoms with Crippen LogP contribution in [0.1, 0.15) is 25.6 Å². The van der Waals surface area contributed by atoms with Crippen LogP contribution in [-0.4, -0.2) is 23.3 Å². The molecular weight excluding hydrogens is 414 g/mol. The molecule has 0 aliphatic rings. The number of nitrogens with one attached hydrogen (secondary N) is 2. The smallest absolute Gasteiger partial charge is 0.270 e. The van der Waals surface area contributed by atoms with E-state index in [-0.39, 0.29) is 22.2 Å². The van der Waals surface area contributed by atoms with Crippen molar-refractivity contribution in [1.82, 2.24) is 5.32 Å². The van der Waals surface area contributed by atoms with E-state index >= 15 is 0 Å². The molecule has 3 rings (SSSR count). The minimum atomic E-state index is -0.594. The SMILES string of the molecule is O=C(Nc1ccccc1C(=O)NCCc1cccs1)c1ccc([N+](=O)[O-])cc1Cl. The number of nitro benzene ring substituents is 1. The second kappa shape index (κ2) is 9.31. The predicted octanol–water partition coefficient (Wildman–Crippen LogP) is 4.53. The quantitative estimate of drug-likeness (QED) is 0.425. The highest BCUT2D eigenvalue weighted by molar-refractivity contribution is 7.09. The number of carbonyl (C=O) groups excluding carboxylic acids is 2. The van der Waals surface area contributed by atoms with Gasteiger partial charge in [-0.25, -0.2) is 0 Å². The van der Waals surface area contributed by atoms with Crippen LogP contribution in [0.5, 0.6) is 0 Å². The number of rotatable bonds is 7. The van der Waals surface area contributed by atoms with Gasteiger partial charge in [0.1, 0.15) is 0 Å². The third-order valence-electron chi connectivity index (χ3n) is 4.07. The number of halogens is 1. The average molecular weight is 430 g/mol. The lowest BCUT2D eigenvalue weighted by molar-refractivity contribution is -0.384. The first kappa shape index (κ1) is 20.5. The van der Waals surface area contributed by atoms with Crippen LogP contribution in [0, 0.1) is 10.1 Å². The molecule has 1 heterocycles. The fourth-order valence-electron chi connectivity index (χ4n) is 2.63. The lowest BCUT2D eigenvalue weighted by Crippen LogP contribution is -2.27. The summed E-state index contributed by atoms with van der Waals surface area (Å²) in [6, 6.07) is 14.1. The Morgan fingerprint density at radius 3 is 2.52 bits per heavy atom. The first-order valence-electron chi connectivity index (χ1n) is 8.60. The third-order valence-corrected chi connectivity index (χ3v) is 5.31. The summed E-state index contributed by atoms with van der Waals surface area (Å²) in [5, 5.41) is 18.2. The van der Waals surface area contributed by atoms with Crippen LogP contribution in [0.2, 0.25) is 5.02 Å². The molecule has 0 spiro atoms. The van der Waals surface area contributed by atoms with E-state index in [1.165, 1.54) is 17.0 Å². The Bertz CT molecular complexity index is 1050. The number of anilines is 1. The van der Waals surface area contributed by atoms with E-state index in [0.29, 0.717) is 17.8 Å². The van der Waals surface area contributed by atoms with E-state index in [4.69, 9.17) is 11.6 Å². The number of hydrogen-bond donors (Lipinski definition) is 2. The summed E-state index contributed by atoms with van der Waals surface area (Å²) in [5.74, 6) is -0.879. The number of benzene rings is 2. The standard InChI is InChI=1S/C20H16ClN3O4S/c21-17-12-13(24(27)28)7-8-15(17)20(26)23-18-6-2-1-5-16(18)19(25)22-10-9-14-4-3-11-29-14/h1-8,11-12H,9-10H2,(H,22,25)(H,23,26). The van der Waals surface area contributed by atoms with Crippen LogP contribution in [-0.2, 0) is 6.42 Å². The average Bonchev–Trinajstić information content (AvgIpc) is 3.21. The molecule has 0 atom stereocenters. The number of nitro groups is 1. The summed E-state index contributed by atoms with van der Waals surface area (Å²) >= 11 is 7.63. The van der Waals surface area contributed by atoms with E-state index in [9.17, 15) is 19.7 Å². The molecule has 2 N–H and O–H groups in total. The van der Waals surface area contributed by atoms with Crippen molar-refractivity contribution in [2.24, 2.45) is 0 Å². The van der Waals surface area contributed by atoms with Crippen LogP contribution < -0.4 is 10.6 Å². The Labute approximate surface area is 175 Å². The minimum Gasteiger partial charge on any atom is -0.352 e. The normalized spacial score (nSPS) is 10.4. The van der Waals surface area contributed by atoms with Gasteiger partial charge in [-0.3, -0.25) is 19.7 Å². The van der Waals surface area contributed by atoms with Crippen LogP contribution in [0.3, 0.4) is 0 Å². The Kier molecular flexibility index (Phi) is 6.58. The van der Waals surface area contributed by atoms with Crippen molar-refractivity contribution < 1.29 is 14.5 Å². The van der Waals surface area contributed by atoms with Crippen molar-refractivity contribution in [1.29, 1.82) is 0 Å². The van der Waals surface area contributed by atoms with Gasteiger partial charge >= 0.3 is 0 Å². The molecule has 0 radical (unpaired) electrons. The van der Waals surface area contributed by atoms with E-state index in [2.05, 4.69) is 10.6 Å². The van der Waals surface area contributed by atoms with E-state index in [1.807, 2.05) is 17.5 Å². The maximum Gasteiger partial charge on any atom is 0.270 e. The zero-order valence-electron chi connectivity index (χ0n) is 15.1. The largest absolute Gasteiger partial charge is 0.352 e. The van der Waals surface area contributed by atoms with Crippen LogP contribution in [0.15, 0.2) is 60.0 Å². The van der Waals surface area contributed by atoms with Gasteiger partial charge in [0.05, 0.1) is 26.8 Å². The van der Waals surface area contributed by atoms with Crippen LogP contribution >= 0.6 is 22.9 Å². The number of thiophene rings is 1. The number of hydrogen-bond acceptors (Lipinski definition) is 5. The molecule has 0 unspecified atom stereocenters. The molecule has 0 fully saturated rings. The Morgan fingerprint density at radius 2 is 1.83 bits per heavy atom. The van der Waals surface area contributed by atoms with E-state index < -0.39 is 10.8 Å². The fourth-order valence-corrected chi connectivity index (χ4v) is 3.60. The van der Waals surface area contributed by atoms with Gasteiger partial charge < -0.3 is 10.6 Å². The summed E-state index contributed by atoms with van der Waals surface area (Å²) < 4.78 is 0. The lowest BCUT2D eigenvalue weighted by atomic mass is 10.1. The highest BCUT2D eigenvalue weighted by atomic mass is 35.5. The molecule has 2 amide bonds. The monoisotopic (exact) mass is 429 g/mol. The Morgan fingerprint density at radius 1 is 1.03 bits per heavy atom. The second-order valence-corrected chi connectivity index (χ2v) is 7.45. The molecule has 0 aliphatic carbocycles. The van der Waals surface area contributed by atoms with Crippen molar-refractivity contribution in [3.05, 3.63) is 91.1 Å². The first-order chi connectivity index (χ1) is 14.0. The van der Waals surface area contributed by atoms with E-state index in [1.54, 1.807) is 35.6 Å². The molecule has 2 aromatic carbocycles. The zero-order valence-corrected chi connectivity index (χ0v) is 16.6. The first-order valence-corrected chi connectivity index (χ1v) is 9.86. The highest BCUT2D eigenvalue weighted by Gasteiger charge is 2.18. The highest BCUT2D eigenvalue weighted by Crippen LogP contribution is 2.24. The number of nitrogens with zero attached hydrogens (tertiary/aromatic N) is 1. The zero-order chi connectivity index (χ0) is 20.8. The van der Waals surface area contributed by atoms with Crippen LogP contribution in [0.4, 0.5) is 11.4 Å². The molecule has 0 aliphatic heterocycles. The molecular formula is C20H16ClN3O4S. The lowest BCUT2D eigenvalue weighted by Gasteiger charge is -2.12. The van der Waals surface area contributed by atoms with Crippen molar-refractivity contribution in [3.63, 3.8) is 0 Å². The second-order valence-electron chi connectivity index (χ2n) is 6.01. The van der Waals surface area contributed by atoms with Gasteiger partial charge in [0.25, 0.3) is 17.5 Å². The Balaban J connectivity index is 1.70. The van der Waals surface area contributed by atoms with Gasteiger partial charge in [0.15, 0.2) is 0 Å². The number of carbonyl (C=O) groups is 2. The fraction of sp³-hybridized carbons (Fsp3) is 0.100. The molecule has 9 heteroatoms. The summed E-state index contributed by atoms with van der Waals surface area (Å²) in [5.41, 5.74) is 0.493. The van der Waals surface area contributed by atoms with Crippen molar-refractivity contribution in [3.8, 4) is 0 Å². The van der Waals surface area contributed by atoms with Gasteiger partial charge in [-0.05, 0) is 36.1 Å². The number of non-ortho nitro benzene ring substituents is 1. The molecule has 148 valence electrons. The molecule has 29 heavy (non-hydrogen) atoms. The predicted molar refractivity (Wildman–Crippen MR) is 113 cm³/mol. The van der Waals surface area contributed by atoms with Crippen LogP contribution in [0.25, 0.3) is 0 Å².